The van der Waals surface area contributed by atoms with Crippen LogP contribution in [-0.2, 0) is 4.79 Å². The van der Waals surface area contributed by atoms with E-state index in [9.17, 15) is 18.4 Å². The summed E-state index contributed by atoms with van der Waals surface area (Å²) < 4.78 is 28.0. The number of anilines is 1. The summed E-state index contributed by atoms with van der Waals surface area (Å²) in [4.78, 5) is 30.3. The molecule has 4 aromatic rings. The van der Waals surface area contributed by atoms with E-state index in [0.717, 1.165) is 35.0 Å². The Morgan fingerprint density at radius 2 is 1.78 bits per heavy atom. The van der Waals surface area contributed by atoms with Gasteiger partial charge in [-0.2, -0.15) is 0 Å². The second-order valence-corrected chi connectivity index (χ2v) is 8.23. The van der Waals surface area contributed by atoms with E-state index in [1.54, 1.807) is 24.3 Å². The number of carbonyl (C=O) groups is 1. The summed E-state index contributed by atoms with van der Waals surface area (Å²) in [6, 6.07) is 15.8. The number of carbonyl (C=O) groups excluding carboxylic acids is 1. The second-order valence-electron chi connectivity index (χ2n) is 7.29. The molecule has 0 spiro atoms. The third kappa shape index (κ3) is 4.40. The van der Waals surface area contributed by atoms with Gasteiger partial charge in [0.15, 0.2) is 16.8 Å². The fourth-order valence-corrected chi connectivity index (χ4v) is 4.02. The van der Waals surface area contributed by atoms with Gasteiger partial charge in [0, 0.05) is 11.8 Å². The number of nitrogens with one attached hydrogen (secondary N) is 1. The second kappa shape index (κ2) is 8.92. The number of nitrogens with zero attached hydrogens (tertiary/aromatic N) is 2. The highest BCUT2D eigenvalue weighted by atomic mass is 32.2. The van der Waals surface area contributed by atoms with Gasteiger partial charge < -0.3 is 5.32 Å². The quantitative estimate of drug-likeness (QED) is 0.342. The minimum absolute atomic E-state index is 0.0748. The van der Waals surface area contributed by atoms with Crippen molar-refractivity contribution >= 4 is 34.3 Å². The van der Waals surface area contributed by atoms with Crippen LogP contribution in [0.25, 0.3) is 16.6 Å². The van der Waals surface area contributed by atoms with E-state index in [-0.39, 0.29) is 17.0 Å². The van der Waals surface area contributed by atoms with Crippen molar-refractivity contribution in [3.05, 3.63) is 93.8 Å². The van der Waals surface area contributed by atoms with Crippen LogP contribution < -0.4 is 10.9 Å². The van der Waals surface area contributed by atoms with E-state index < -0.39 is 17.5 Å². The molecule has 1 heterocycles. The average Bonchev–Trinajstić information content (AvgIpc) is 2.77. The highest BCUT2D eigenvalue weighted by molar-refractivity contribution is 7.99. The first kappa shape index (κ1) is 21.7. The normalized spacial score (nSPS) is 11.0. The zero-order valence-corrected chi connectivity index (χ0v) is 18.2. The summed E-state index contributed by atoms with van der Waals surface area (Å²) in [6.07, 6.45) is 0. The van der Waals surface area contributed by atoms with Crippen molar-refractivity contribution in [2.75, 3.05) is 11.1 Å². The molecule has 1 N–H and O–H groups in total. The Kier molecular flexibility index (Phi) is 6.05. The third-order valence-electron chi connectivity index (χ3n) is 5.03. The van der Waals surface area contributed by atoms with Crippen LogP contribution in [0.3, 0.4) is 0 Å². The van der Waals surface area contributed by atoms with Crippen molar-refractivity contribution in [3.63, 3.8) is 0 Å². The van der Waals surface area contributed by atoms with Gasteiger partial charge in [-0.25, -0.2) is 13.8 Å². The minimum Gasteiger partial charge on any atom is -0.325 e. The van der Waals surface area contributed by atoms with Crippen LogP contribution in [-0.4, -0.2) is 21.2 Å². The number of rotatable bonds is 5. The molecule has 5 nitrogen and oxygen atoms in total. The van der Waals surface area contributed by atoms with Gasteiger partial charge in [0.25, 0.3) is 5.56 Å². The lowest BCUT2D eigenvalue weighted by Crippen LogP contribution is -2.23. The molecule has 3 aromatic carbocycles. The lowest BCUT2D eigenvalue weighted by atomic mass is 10.1. The zero-order valence-electron chi connectivity index (χ0n) is 17.4. The Hall–Kier alpha value is -3.52. The Labute approximate surface area is 187 Å². The van der Waals surface area contributed by atoms with Crippen LogP contribution in [0.2, 0.25) is 0 Å². The lowest BCUT2D eigenvalue weighted by Gasteiger charge is -2.14. The van der Waals surface area contributed by atoms with Crippen LogP contribution in [0.15, 0.2) is 70.6 Å². The SMILES string of the molecule is Cc1ccc(-n2c(SCC(=O)Nc3ccc(F)c(F)c3)nc3ccccc3c2=O)cc1C. The Balaban J connectivity index is 1.67. The molecule has 0 saturated heterocycles. The van der Waals surface area contributed by atoms with E-state index in [4.69, 9.17) is 0 Å². The van der Waals surface area contributed by atoms with Crippen molar-refractivity contribution in [1.29, 1.82) is 0 Å². The number of benzene rings is 3. The maximum atomic E-state index is 13.4. The summed E-state index contributed by atoms with van der Waals surface area (Å²) in [5.41, 5.74) is 3.21. The molecule has 8 heteroatoms. The monoisotopic (exact) mass is 451 g/mol. The molecule has 0 unspecified atom stereocenters. The number of fused-ring (bicyclic) bond motifs is 1. The molecule has 0 atom stereocenters. The Morgan fingerprint density at radius 3 is 2.53 bits per heavy atom. The summed E-state index contributed by atoms with van der Waals surface area (Å²) in [7, 11) is 0. The smallest absolute Gasteiger partial charge is 0.266 e. The first-order valence-corrected chi connectivity index (χ1v) is 10.8. The summed E-state index contributed by atoms with van der Waals surface area (Å²) in [5, 5.41) is 3.36. The standard InChI is InChI=1S/C24H19F2N3O2S/c1-14-7-9-17(11-15(14)2)29-23(31)18-5-3-4-6-21(18)28-24(29)32-13-22(30)27-16-8-10-19(25)20(26)12-16/h3-12H,13H2,1-2H3,(H,27,30). The van der Waals surface area contributed by atoms with Gasteiger partial charge in [0.05, 0.1) is 22.3 Å². The van der Waals surface area contributed by atoms with Crippen molar-refractivity contribution in [3.8, 4) is 5.69 Å². The maximum Gasteiger partial charge on any atom is 0.266 e. The number of para-hydroxylation sites is 1. The lowest BCUT2D eigenvalue weighted by molar-refractivity contribution is -0.113. The van der Waals surface area contributed by atoms with Gasteiger partial charge in [-0.15, -0.1) is 0 Å². The first-order chi connectivity index (χ1) is 15.3. The van der Waals surface area contributed by atoms with Gasteiger partial charge in [-0.1, -0.05) is 30.0 Å². The summed E-state index contributed by atoms with van der Waals surface area (Å²) >= 11 is 1.09. The predicted molar refractivity (Wildman–Crippen MR) is 123 cm³/mol. The van der Waals surface area contributed by atoms with E-state index in [2.05, 4.69) is 10.3 Å². The Bertz CT molecular complexity index is 1400. The molecule has 1 aromatic heterocycles. The number of thioether (sulfide) groups is 1. The van der Waals surface area contributed by atoms with Crippen LogP contribution >= 0.6 is 11.8 Å². The minimum atomic E-state index is -1.05. The molecule has 0 aliphatic carbocycles. The largest absolute Gasteiger partial charge is 0.325 e. The van der Waals surface area contributed by atoms with Gasteiger partial charge in [0.2, 0.25) is 5.91 Å². The van der Waals surface area contributed by atoms with Gasteiger partial charge in [-0.3, -0.25) is 14.2 Å². The molecule has 0 radical (unpaired) electrons. The van der Waals surface area contributed by atoms with Crippen molar-refractivity contribution in [2.45, 2.75) is 19.0 Å². The predicted octanol–water partition coefficient (Wildman–Crippen LogP) is 5.01. The molecule has 1 amide bonds. The number of aromatic nitrogens is 2. The van der Waals surface area contributed by atoms with Crippen LogP contribution in [0.5, 0.6) is 0 Å². The van der Waals surface area contributed by atoms with Crippen molar-refractivity contribution in [2.24, 2.45) is 0 Å². The molecule has 0 aliphatic rings. The number of hydrogen-bond acceptors (Lipinski definition) is 4. The molecule has 162 valence electrons. The van der Waals surface area contributed by atoms with E-state index >= 15 is 0 Å². The average molecular weight is 451 g/mol. The van der Waals surface area contributed by atoms with Gasteiger partial charge >= 0.3 is 0 Å². The maximum absolute atomic E-state index is 13.4. The van der Waals surface area contributed by atoms with Crippen LogP contribution in [0, 0.1) is 25.5 Å². The Morgan fingerprint density at radius 1 is 1.00 bits per heavy atom. The molecular formula is C24H19F2N3O2S. The van der Waals surface area contributed by atoms with E-state index in [1.807, 2.05) is 32.0 Å². The number of halogens is 2. The molecule has 0 saturated carbocycles. The molecule has 4 rings (SSSR count). The molecule has 0 fully saturated rings. The highest BCUT2D eigenvalue weighted by Gasteiger charge is 2.15. The van der Waals surface area contributed by atoms with Gasteiger partial charge in [-0.05, 0) is 61.4 Å². The van der Waals surface area contributed by atoms with Crippen LogP contribution in [0.1, 0.15) is 11.1 Å². The van der Waals surface area contributed by atoms with Crippen molar-refractivity contribution < 1.29 is 13.6 Å². The fourth-order valence-electron chi connectivity index (χ4n) is 3.20. The van der Waals surface area contributed by atoms with Gasteiger partial charge in [0.1, 0.15) is 0 Å². The fraction of sp³-hybridized carbons (Fsp3) is 0.125. The van der Waals surface area contributed by atoms with Crippen molar-refractivity contribution in [1.82, 2.24) is 9.55 Å². The summed E-state index contributed by atoms with van der Waals surface area (Å²) in [5.74, 6) is -2.55. The van der Waals surface area contributed by atoms with E-state index in [0.29, 0.717) is 21.7 Å². The zero-order chi connectivity index (χ0) is 22.8. The first-order valence-electron chi connectivity index (χ1n) is 9.80. The number of hydrogen-bond donors (Lipinski definition) is 1. The highest BCUT2D eigenvalue weighted by Crippen LogP contribution is 2.23. The molecular weight excluding hydrogens is 432 g/mol. The number of amides is 1. The summed E-state index contributed by atoms with van der Waals surface area (Å²) in [6.45, 7) is 3.94. The molecule has 32 heavy (non-hydrogen) atoms. The molecule has 0 bridgehead atoms. The van der Waals surface area contributed by atoms with E-state index in [1.165, 1.54) is 10.6 Å². The third-order valence-corrected chi connectivity index (χ3v) is 5.97. The molecule has 0 aliphatic heterocycles. The number of aryl methyl sites for hydroxylation is 2. The topological polar surface area (TPSA) is 64.0 Å². The van der Waals surface area contributed by atoms with Crippen LogP contribution in [0.4, 0.5) is 14.5 Å².